The Bertz CT molecular complexity index is 949. The Morgan fingerprint density at radius 1 is 1.00 bits per heavy atom. The van der Waals surface area contributed by atoms with Gasteiger partial charge in [-0.2, -0.15) is 0 Å². The van der Waals surface area contributed by atoms with Crippen molar-refractivity contribution in [2.75, 3.05) is 26.6 Å². The minimum absolute atomic E-state index is 0.00328. The number of nitro benzene ring substituents is 1. The number of pyridine rings is 1. The van der Waals surface area contributed by atoms with Crippen molar-refractivity contribution in [1.29, 1.82) is 0 Å². The molecule has 0 atom stereocenters. The van der Waals surface area contributed by atoms with Gasteiger partial charge in [-0.15, -0.1) is 0 Å². The van der Waals surface area contributed by atoms with Crippen LogP contribution in [0.1, 0.15) is 0 Å². The van der Waals surface area contributed by atoms with Crippen molar-refractivity contribution in [2.24, 2.45) is 0 Å². The van der Waals surface area contributed by atoms with Crippen LogP contribution in [0.25, 0.3) is 10.8 Å². The summed E-state index contributed by atoms with van der Waals surface area (Å²) in [5.74, 6) is 1.49. The van der Waals surface area contributed by atoms with Crippen LogP contribution < -0.4 is 19.5 Å². The highest BCUT2D eigenvalue weighted by molar-refractivity contribution is 6.00. The quantitative estimate of drug-likeness (QED) is 0.529. The number of non-ortho nitro benzene ring substituents is 1. The van der Waals surface area contributed by atoms with Crippen LogP contribution in [-0.4, -0.2) is 31.2 Å². The molecule has 134 valence electrons. The molecule has 26 heavy (non-hydrogen) atoms. The topological polar surface area (TPSA) is 95.8 Å². The zero-order valence-electron chi connectivity index (χ0n) is 14.5. The maximum absolute atomic E-state index is 11.2. The summed E-state index contributed by atoms with van der Waals surface area (Å²) >= 11 is 0. The van der Waals surface area contributed by atoms with Crippen LogP contribution in [0.4, 0.5) is 17.1 Å². The molecule has 2 aromatic carbocycles. The molecule has 0 fully saturated rings. The summed E-state index contributed by atoms with van der Waals surface area (Å²) in [6.45, 7) is 0. The molecule has 0 spiro atoms. The van der Waals surface area contributed by atoms with Gasteiger partial charge in [-0.1, -0.05) is 0 Å². The van der Waals surface area contributed by atoms with Gasteiger partial charge in [0.1, 0.15) is 0 Å². The second-order valence-electron chi connectivity index (χ2n) is 5.35. The number of rotatable bonds is 6. The zero-order valence-corrected chi connectivity index (χ0v) is 14.5. The largest absolute Gasteiger partial charge is 0.493 e. The number of benzene rings is 2. The third-order valence-electron chi connectivity index (χ3n) is 3.94. The number of nitrogens with one attached hydrogen (secondary N) is 1. The molecule has 0 aliphatic rings. The number of aromatic nitrogens is 1. The molecule has 3 rings (SSSR count). The Labute approximate surface area is 149 Å². The summed E-state index contributed by atoms with van der Waals surface area (Å²) in [5.41, 5.74) is 1.39. The van der Waals surface area contributed by atoms with E-state index in [0.717, 1.165) is 0 Å². The van der Waals surface area contributed by atoms with E-state index in [1.54, 1.807) is 30.5 Å². The monoisotopic (exact) mass is 355 g/mol. The van der Waals surface area contributed by atoms with Crippen molar-refractivity contribution in [3.8, 4) is 17.2 Å². The van der Waals surface area contributed by atoms with Gasteiger partial charge in [0, 0.05) is 47.4 Å². The molecule has 8 nitrogen and oxygen atoms in total. The predicted octanol–water partition coefficient (Wildman–Crippen LogP) is 3.91. The van der Waals surface area contributed by atoms with E-state index in [4.69, 9.17) is 14.2 Å². The van der Waals surface area contributed by atoms with Crippen molar-refractivity contribution in [2.45, 2.75) is 0 Å². The van der Waals surface area contributed by atoms with E-state index in [1.165, 1.54) is 33.6 Å². The van der Waals surface area contributed by atoms with Gasteiger partial charge in [-0.05, 0) is 12.1 Å². The second-order valence-corrected chi connectivity index (χ2v) is 5.35. The number of hydrogen-bond acceptors (Lipinski definition) is 7. The summed E-state index contributed by atoms with van der Waals surface area (Å²) in [6, 6.07) is 8.35. The number of methoxy groups -OCH3 is 3. The van der Waals surface area contributed by atoms with E-state index in [1.807, 2.05) is 0 Å². The lowest BCUT2D eigenvalue weighted by atomic mass is 10.1. The van der Waals surface area contributed by atoms with Crippen molar-refractivity contribution >= 4 is 27.8 Å². The first-order valence-corrected chi connectivity index (χ1v) is 7.67. The van der Waals surface area contributed by atoms with Gasteiger partial charge in [-0.25, -0.2) is 0 Å². The standard InChI is InChI=1S/C18H17N3O5/c1-24-16-8-11(9-17(25-2)18(16)26-3)20-14-4-5-15(21(22)23)13-10-19-7-6-12(13)14/h4-10,20H,1-3H3. The number of nitro groups is 1. The molecular weight excluding hydrogens is 338 g/mol. The van der Waals surface area contributed by atoms with Gasteiger partial charge < -0.3 is 19.5 Å². The molecule has 8 heteroatoms. The fourth-order valence-corrected chi connectivity index (χ4v) is 2.75. The Morgan fingerprint density at radius 3 is 2.27 bits per heavy atom. The Kier molecular flexibility index (Phi) is 4.74. The molecule has 0 unspecified atom stereocenters. The second kappa shape index (κ2) is 7.14. The lowest BCUT2D eigenvalue weighted by molar-refractivity contribution is -0.383. The number of fused-ring (bicyclic) bond motifs is 1. The first-order chi connectivity index (χ1) is 12.6. The van der Waals surface area contributed by atoms with Crippen LogP contribution >= 0.6 is 0 Å². The summed E-state index contributed by atoms with van der Waals surface area (Å²) in [6.07, 6.45) is 3.07. The SMILES string of the molecule is COc1cc(Nc2ccc([N+](=O)[O-])c3cnccc23)cc(OC)c1OC. The average Bonchev–Trinajstić information content (AvgIpc) is 2.67. The molecule has 1 aromatic heterocycles. The number of anilines is 2. The zero-order chi connectivity index (χ0) is 18.7. The van der Waals surface area contributed by atoms with E-state index in [0.29, 0.717) is 39.4 Å². The van der Waals surface area contributed by atoms with Gasteiger partial charge in [0.15, 0.2) is 11.5 Å². The van der Waals surface area contributed by atoms with Gasteiger partial charge in [0.25, 0.3) is 5.69 Å². The Morgan fingerprint density at radius 2 is 1.69 bits per heavy atom. The highest BCUT2D eigenvalue weighted by atomic mass is 16.6. The predicted molar refractivity (Wildman–Crippen MR) is 97.8 cm³/mol. The lowest BCUT2D eigenvalue weighted by Crippen LogP contribution is -1.99. The van der Waals surface area contributed by atoms with Crippen LogP contribution in [0.15, 0.2) is 42.7 Å². The van der Waals surface area contributed by atoms with Gasteiger partial charge >= 0.3 is 0 Å². The third-order valence-corrected chi connectivity index (χ3v) is 3.94. The molecular formula is C18H17N3O5. The molecule has 0 radical (unpaired) electrons. The Balaban J connectivity index is 2.10. The molecule has 0 amide bonds. The lowest BCUT2D eigenvalue weighted by Gasteiger charge is -2.16. The summed E-state index contributed by atoms with van der Waals surface area (Å²) in [5, 5.41) is 15.6. The maximum Gasteiger partial charge on any atom is 0.278 e. The average molecular weight is 355 g/mol. The van der Waals surface area contributed by atoms with Crippen LogP contribution in [0.3, 0.4) is 0 Å². The van der Waals surface area contributed by atoms with E-state index in [-0.39, 0.29) is 5.69 Å². The normalized spacial score (nSPS) is 10.4. The summed E-state index contributed by atoms with van der Waals surface area (Å²) in [7, 11) is 4.60. The van der Waals surface area contributed by atoms with Crippen molar-refractivity contribution in [3.05, 3.63) is 52.8 Å². The molecule has 0 aliphatic carbocycles. The van der Waals surface area contributed by atoms with Crippen LogP contribution in [0, 0.1) is 10.1 Å². The fraction of sp³-hybridized carbons (Fsp3) is 0.167. The molecule has 1 heterocycles. The number of hydrogen-bond donors (Lipinski definition) is 1. The van der Waals surface area contributed by atoms with Crippen LogP contribution in [-0.2, 0) is 0 Å². The van der Waals surface area contributed by atoms with Crippen molar-refractivity contribution in [3.63, 3.8) is 0 Å². The highest BCUT2D eigenvalue weighted by Crippen LogP contribution is 2.41. The van der Waals surface area contributed by atoms with E-state index < -0.39 is 4.92 Å². The summed E-state index contributed by atoms with van der Waals surface area (Å²) in [4.78, 5) is 14.8. The molecule has 0 aliphatic heterocycles. The molecule has 0 saturated heterocycles. The number of ether oxygens (including phenoxy) is 3. The highest BCUT2D eigenvalue weighted by Gasteiger charge is 2.17. The van der Waals surface area contributed by atoms with Crippen LogP contribution in [0.5, 0.6) is 17.2 Å². The van der Waals surface area contributed by atoms with E-state index in [2.05, 4.69) is 10.3 Å². The first-order valence-electron chi connectivity index (χ1n) is 7.67. The minimum Gasteiger partial charge on any atom is -0.493 e. The van der Waals surface area contributed by atoms with Gasteiger partial charge in [0.05, 0.1) is 31.6 Å². The summed E-state index contributed by atoms with van der Waals surface area (Å²) < 4.78 is 16.0. The molecule has 1 N–H and O–H groups in total. The fourth-order valence-electron chi connectivity index (χ4n) is 2.75. The smallest absolute Gasteiger partial charge is 0.278 e. The third kappa shape index (κ3) is 3.04. The van der Waals surface area contributed by atoms with E-state index >= 15 is 0 Å². The Hall–Kier alpha value is -3.55. The van der Waals surface area contributed by atoms with Crippen molar-refractivity contribution in [1.82, 2.24) is 4.98 Å². The van der Waals surface area contributed by atoms with E-state index in [9.17, 15) is 10.1 Å². The maximum atomic E-state index is 11.2. The molecule has 0 saturated carbocycles. The molecule has 3 aromatic rings. The van der Waals surface area contributed by atoms with Gasteiger partial charge in [0.2, 0.25) is 5.75 Å². The van der Waals surface area contributed by atoms with Gasteiger partial charge in [-0.3, -0.25) is 15.1 Å². The number of nitrogens with zero attached hydrogens (tertiary/aromatic N) is 2. The van der Waals surface area contributed by atoms with Crippen molar-refractivity contribution < 1.29 is 19.1 Å². The first kappa shape index (κ1) is 17.3. The molecule has 0 bridgehead atoms. The minimum atomic E-state index is -0.423. The van der Waals surface area contributed by atoms with Crippen LogP contribution in [0.2, 0.25) is 0 Å².